The van der Waals surface area contributed by atoms with Crippen LogP contribution in [0.5, 0.6) is 0 Å². The quantitative estimate of drug-likeness (QED) is 0.920. The van der Waals surface area contributed by atoms with Gasteiger partial charge in [-0.3, -0.25) is 0 Å². The molecule has 1 atom stereocenters. The molecule has 1 aliphatic heterocycles. The lowest BCUT2D eigenvalue weighted by atomic mass is 10.2. The Bertz CT molecular complexity index is 390. The standard InChI is InChI=1S/C13H21N3S2/c1-9(2)14-7-11-10(3)6-15-13(16-11)12-8-17-4-5-18-12/h6,9,12,14H,4-5,7-8H2,1-3H3. The van der Waals surface area contributed by atoms with Crippen LogP contribution < -0.4 is 5.32 Å². The molecule has 2 rings (SSSR count). The van der Waals surface area contributed by atoms with Gasteiger partial charge in [0.15, 0.2) is 0 Å². The summed E-state index contributed by atoms with van der Waals surface area (Å²) in [5.41, 5.74) is 2.32. The second-order valence-electron chi connectivity index (χ2n) is 4.83. The molecule has 0 radical (unpaired) electrons. The molecular weight excluding hydrogens is 262 g/mol. The lowest BCUT2D eigenvalue weighted by molar-refractivity contribution is 0.577. The first kappa shape index (κ1) is 14.2. The maximum Gasteiger partial charge on any atom is 0.142 e. The minimum atomic E-state index is 0.474. The van der Waals surface area contributed by atoms with Gasteiger partial charge in [0, 0.05) is 36.0 Å². The first-order chi connectivity index (χ1) is 8.66. The second kappa shape index (κ2) is 6.78. The number of aryl methyl sites for hydroxylation is 1. The third-order valence-electron chi connectivity index (χ3n) is 2.88. The Morgan fingerprint density at radius 1 is 1.44 bits per heavy atom. The van der Waals surface area contributed by atoms with Crippen molar-refractivity contribution in [2.45, 2.75) is 38.6 Å². The predicted octanol–water partition coefficient (Wildman–Crippen LogP) is 2.80. The Labute approximate surface area is 118 Å². The maximum atomic E-state index is 4.76. The monoisotopic (exact) mass is 283 g/mol. The van der Waals surface area contributed by atoms with Gasteiger partial charge in [-0.05, 0) is 12.5 Å². The average Bonchev–Trinajstić information content (AvgIpc) is 2.38. The zero-order valence-electron chi connectivity index (χ0n) is 11.3. The van der Waals surface area contributed by atoms with Gasteiger partial charge in [0.2, 0.25) is 0 Å². The van der Waals surface area contributed by atoms with E-state index in [0.717, 1.165) is 23.8 Å². The van der Waals surface area contributed by atoms with E-state index in [9.17, 15) is 0 Å². The van der Waals surface area contributed by atoms with Gasteiger partial charge in [0.05, 0.1) is 10.9 Å². The number of aromatic nitrogens is 2. The molecule has 1 N–H and O–H groups in total. The van der Waals surface area contributed by atoms with Gasteiger partial charge in [-0.15, -0.1) is 11.8 Å². The summed E-state index contributed by atoms with van der Waals surface area (Å²) in [6, 6.07) is 0.488. The molecule has 3 nitrogen and oxygen atoms in total. The van der Waals surface area contributed by atoms with E-state index in [1.807, 2.05) is 29.7 Å². The van der Waals surface area contributed by atoms with Gasteiger partial charge in [-0.1, -0.05) is 13.8 Å². The van der Waals surface area contributed by atoms with Crippen LogP contribution in [-0.4, -0.2) is 33.3 Å². The van der Waals surface area contributed by atoms with Crippen LogP contribution in [0.15, 0.2) is 6.20 Å². The van der Waals surface area contributed by atoms with Gasteiger partial charge < -0.3 is 5.32 Å². The molecule has 1 unspecified atom stereocenters. The van der Waals surface area contributed by atoms with Gasteiger partial charge in [0.1, 0.15) is 5.82 Å². The first-order valence-electron chi connectivity index (χ1n) is 6.42. The van der Waals surface area contributed by atoms with Gasteiger partial charge in [-0.25, -0.2) is 9.97 Å². The molecule has 18 heavy (non-hydrogen) atoms. The number of thioether (sulfide) groups is 2. The predicted molar refractivity (Wildman–Crippen MR) is 81.3 cm³/mol. The minimum Gasteiger partial charge on any atom is -0.309 e. The highest BCUT2D eigenvalue weighted by atomic mass is 32.2. The molecule has 0 aliphatic carbocycles. The summed E-state index contributed by atoms with van der Waals surface area (Å²) in [5.74, 6) is 4.63. The molecule has 1 fully saturated rings. The van der Waals surface area contributed by atoms with E-state index < -0.39 is 0 Å². The topological polar surface area (TPSA) is 37.8 Å². The van der Waals surface area contributed by atoms with Crippen LogP contribution in [0.4, 0.5) is 0 Å². The van der Waals surface area contributed by atoms with Gasteiger partial charge in [-0.2, -0.15) is 11.8 Å². The second-order valence-corrected chi connectivity index (χ2v) is 7.29. The Balaban J connectivity index is 2.09. The summed E-state index contributed by atoms with van der Waals surface area (Å²) < 4.78 is 0. The van der Waals surface area contributed by atoms with Crippen molar-refractivity contribution in [3.8, 4) is 0 Å². The Hall–Kier alpha value is -0.260. The molecule has 100 valence electrons. The minimum absolute atomic E-state index is 0.474. The van der Waals surface area contributed by atoms with Crippen molar-refractivity contribution in [2.24, 2.45) is 0 Å². The molecule has 2 heterocycles. The van der Waals surface area contributed by atoms with E-state index in [0.29, 0.717) is 11.3 Å². The van der Waals surface area contributed by atoms with E-state index in [-0.39, 0.29) is 0 Å². The highest BCUT2D eigenvalue weighted by Gasteiger charge is 2.19. The highest BCUT2D eigenvalue weighted by molar-refractivity contribution is 8.06. The zero-order valence-corrected chi connectivity index (χ0v) is 12.9. The fraction of sp³-hybridized carbons (Fsp3) is 0.692. The third-order valence-corrected chi connectivity index (χ3v) is 5.63. The number of nitrogens with one attached hydrogen (secondary N) is 1. The van der Waals surface area contributed by atoms with E-state index in [1.54, 1.807) is 0 Å². The lowest BCUT2D eigenvalue weighted by Gasteiger charge is -2.20. The molecular formula is C13H21N3S2. The molecule has 0 aromatic carbocycles. The van der Waals surface area contributed by atoms with Crippen molar-refractivity contribution in [3.63, 3.8) is 0 Å². The van der Waals surface area contributed by atoms with Crippen molar-refractivity contribution in [3.05, 3.63) is 23.3 Å². The molecule has 1 aliphatic rings. The van der Waals surface area contributed by atoms with Crippen LogP contribution in [0.1, 0.15) is 36.2 Å². The van der Waals surface area contributed by atoms with Crippen molar-refractivity contribution in [1.29, 1.82) is 0 Å². The van der Waals surface area contributed by atoms with Crippen LogP contribution in [0, 0.1) is 6.92 Å². The summed E-state index contributed by atoms with van der Waals surface area (Å²) in [6.07, 6.45) is 1.97. The number of rotatable bonds is 4. The fourth-order valence-electron chi connectivity index (χ4n) is 1.76. The van der Waals surface area contributed by atoms with E-state index in [1.165, 1.54) is 17.1 Å². The molecule has 0 bridgehead atoms. The van der Waals surface area contributed by atoms with Gasteiger partial charge >= 0.3 is 0 Å². The van der Waals surface area contributed by atoms with E-state index in [4.69, 9.17) is 4.98 Å². The smallest absolute Gasteiger partial charge is 0.142 e. The summed E-state index contributed by atoms with van der Waals surface area (Å²) in [7, 11) is 0. The van der Waals surface area contributed by atoms with Crippen molar-refractivity contribution >= 4 is 23.5 Å². The van der Waals surface area contributed by atoms with Crippen molar-refractivity contribution < 1.29 is 0 Å². The normalized spacial score (nSPS) is 20.3. The van der Waals surface area contributed by atoms with Crippen LogP contribution in [0.25, 0.3) is 0 Å². The molecule has 1 aromatic heterocycles. The largest absolute Gasteiger partial charge is 0.309 e. The maximum absolute atomic E-state index is 4.76. The molecule has 1 saturated heterocycles. The first-order valence-corrected chi connectivity index (χ1v) is 8.62. The lowest BCUT2D eigenvalue weighted by Crippen LogP contribution is -2.23. The zero-order chi connectivity index (χ0) is 13.0. The molecule has 0 spiro atoms. The van der Waals surface area contributed by atoms with E-state index >= 15 is 0 Å². The summed E-state index contributed by atoms with van der Waals surface area (Å²) >= 11 is 4.00. The SMILES string of the molecule is Cc1cnc(C2CSCCS2)nc1CNC(C)C. The number of nitrogens with zero attached hydrogens (tertiary/aromatic N) is 2. The molecule has 0 amide bonds. The molecule has 1 aromatic rings. The molecule has 5 heteroatoms. The highest BCUT2D eigenvalue weighted by Crippen LogP contribution is 2.34. The van der Waals surface area contributed by atoms with Crippen LogP contribution in [0.3, 0.4) is 0 Å². The van der Waals surface area contributed by atoms with Crippen LogP contribution >= 0.6 is 23.5 Å². The van der Waals surface area contributed by atoms with Crippen molar-refractivity contribution in [2.75, 3.05) is 17.3 Å². The average molecular weight is 283 g/mol. The molecule has 0 saturated carbocycles. The van der Waals surface area contributed by atoms with E-state index in [2.05, 4.69) is 31.1 Å². The van der Waals surface area contributed by atoms with Crippen LogP contribution in [0.2, 0.25) is 0 Å². The Morgan fingerprint density at radius 3 is 2.94 bits per heavy atom. The Kier molecular flexibility index (Phi) is 5.33. The van der Waals surface area contributed by atoms with Gasteiger partial charge in [0.25, 0.3) is 0 Å². The summed E-state index contributed by atoms with van der Waals surface area (Å²) in [6.45, 7) is 7.24. The number of hydrogen-bond acceptors (Lipinski definition) is 5. The number of hydrogen-bond donors (Lipinski definition) is 1. The van der Waals surface area contributed by atoms with Crippen LogP contribution in [-0.2, 0) is 6.54 Å². The third kappa shape index (κ3) is 3.87. The fourth-order valence-corrected chi connectivity index (χ4v) is 4.37. The summed E-state index contributed by atoms with van der Waals surface area (Å²) in [5, 5.41) is 3.90. The summed E-state index contributed by atoms with van der Waals surface area (Å²) in [4.78, 5) is 9.28. The Morgan fingerprint density at radius 2 is 2.28 bits per heavy atom. The van der Waals surface area contributed by atoms with Crippen molar-refractivity contribution in [1.82, 2.24) is 15.3 Å².